The topological polar surface area (TPSA) is 75.7 Å². The van der Waals surface area contributed by atoms with Gasteiger partial charge in [-0.3, -0.25) is 4.40 Å². The van der Waals surface area contributed by atoms with Gasteiger partial charge < -0.3 is 10.2 Å². The zero-order valence-electron chi connectivity index (χ0n) is 17.1. The minimum atomic E-state index is 0.671. The van der Waals surface area contributed by atoms with E-state index in [1.54, 1.807) is 0 Å². The van der Waals surface area contributed by atoms with E-state index < -0.39 is 0 Å². The highest BCUT2D eigenvalue weighted by atomic mass is 15.3. The fourth-order valence-corrected chi connectivity index (χ4v) is 4.07. The van der Waals surface area contributed by atoms with Crippen LogP contribution < -0.4 is 5.32 Å². The van der Waals surface area contributed by atoms with Gasteiger partial charge in [0.2, 0.25) is 11.7 Å². The second kappa shape index (κ2) is 7.11. The van der Waals surface area contributed by atoms with Gasteiger partial charge in [-0.25, -0.2) is 19.5 Å². The van der Waals surface area contributed by atoms with Crippen LogP contribution >= 0.6 is 0 Å². The zero-order chi connectivity index (χ0) is 20.0. The lowest BCUT2D eigenvalue weighted by atomic mass is 9.79. The molecule has 1 saturated carbocycles. The van der Waals surface area contributed by atoms with Crippen molar-refractivity contribution in [1.82, 2.24) is 33.9 Å². The van der Waals surface area contributed by atoms with Crippen LogP contribution in [0.3, 0.4) is 0 Å². The van der Waals surface area contributed by atoms with Crippen molar-refractivity contribution in [1.29, 1.82) is 0 Å². The average Bonchev–Trinajstić information content (AvgIpc) is 3.29. The Morgan fingerprint density at radius 3 is 2.76 bits per heavy atom. The van der Waals surface area contributed by atoms with Gasteiger partial charge in [0.15, 0.2) is 0 Å². The van der Waals surface area contributed by atoms with Gasteiger partial charge in [-0.05, 0) is 45.3 Å². The molecule has 29 heavy (non-hydrogen) atoms. The van der Waals surface area contributed by atoms with Crippen molar-refractivity contribution in [3.05, 3.63) is 42.7 Å². The van der Waals surface area contributed by atoms with Gasteiger partial charge in [-0.1, -0.05) is 6.92 Å². The van der Waals surface area contributed by atoms with Crippen molar-refractivity contribution in [3.63, 3.8) is 0 Å². The smallest absolute Gasteiger partial charge is 0.241 e. The lowest BCUT2D eigenvalue weighted by Gasteiger charge is -2.39. The van der Waals surface area contributed by atoms with Crippen molar-refractivity contribution >= 4 is 17.2 Å². The fraction of sp³-hybridized carbons (Fsp3) is 0.429. The van der Waals surface area contributed by atoms with E-state index in [0.29, 0.717) is 17.9 Å². The summed E-state index contributed by atoms with van der Waals surface area (Å²) in [5.41, 5.74) is 4.20. The molecule has 4 aromatic rings. The number of hydrogen-bond acceptors (Lipinski definition) is 6. The third kappa shape index (κ3) is 3.23. The molecule has 0 aromatic carbocycles. The molecule has 0 aliphatic heterocycles. The number of nitrogens with one attached hydrogen (secondary N) is 1. The summed E-state index contributed by atoms with van der Waals surface area (Å²) >= 11 is 0. The van der Waals surface area contributed by atoms with Crippen LogP contribution in [0.15, 0.2) is 37.1 Å². The van der Waals surface area contributed by atoms with Gasteiger partial charge in [0.25, 0.3) is 0 Å². The van der Waals surface area contributed by atoms with E-state index in [0.717, 1.165) is 41.1 Å². The number of anilines is 1. The highest BCUT2D eigenvalue weighted by molar-refractivity contribution is 5.79. The monoisotopic (exact) mass is 390 g/mol. The molecular formula is C21H26N8. The third-order valence-corrected chi connectivity index (χ3v) is 6.02. The number of imidazole rings is 1. The van der Waals surface area contributed by atoms with Crippen LogP contribution in [0.25, 0.3) is 22.4 Å². The first-order valence-electron chi connectivity index (χ1n) is 10.2. The standard InChI is InChI=1S/C21H26N8/c1-4-16-11-25-21-24-10-15(13-28(16)21)18-5-6-29-19(18)12-23-20(26-29)22-9-14-7-17(8-14)27(2)3/h5-6,10-14,17H,4,7-9H2,1-3H3,(H,22,26). The van der Waals surface area contributed by atoms with Crippen molar-refractivity contribution in [2.45, 2.75) is 32.2 Å². The largest absolute Gasteiger partial charge is 0.353 e. The molecule has 8 heteroatoms. The van der Waals surface area contributed by atoms with Crippen LogP contribution in [0.1, 0.15) is 25.5 Å². The summed E-state index contributed by atoms with van der Waals surface area (Å²) in [5.74, 6) is 2.09. The molecule has 0 bridgehead atoms. The van der Waals surface area contributed by atoms with E-state index in [4.69, 9.17) is 0 Å². The van der Waals surface area contributed by atoms with E-state index >= 15 is 0 Å². The SMILES string of the molecule is CCc1cnc2ncc(-c3ccn4nc(NCC5CC(N(C)C)C5)ncc34)cn12. The summed E-state index contributed by atoms with van der Waals surface area (Å²) in [7, 11) is 4.30. The van der Waals surface area contributed by atoms with Crippen LogP contribution in [0.4, 0.5) is 5.95 Å². The number of hydrogen-bond donors (Lipinski definition) is 1. The summed E-state index contributed by atoms with van der Waals surface area (Å²) in [4.78, 5) is 15.7. The summed E-state index contributed by atoms with van der Waals surface area (Å²) in [6, 6.07) is 2.78. The first-order chi connectivity index (χ1) is 14.1. The minimum Gasteiger partial charge on any atom is -0.353 e. The van der Waals surface area contributed by atoms with Crippen LogP contribution in [-0.2, 0) is 6.42 Å². The maximum Gasteiger partial charge on any atom is 0.241 e. The molecule has 0 saturated heterocycles. The first kappa shape index (κ1) is 18.1. The second-order valence-corrected chi connectivity index (χ2v) is 8.09. The van der Waals surface area contributed by atoms with E-state index in [1.807, 2.05) is 29.3 Å². The molecule has 1 aliphatic carbocycles. The van der Waals surface area contributed by atoms with Gasteiger partial charge in [-0.15, -0.1) is 5.10 Å². The Hall–Kier alpha value is -3.00. The van der Waals surface area contributed by atoms with Crippen molar-refractivity contribution in [3.8, 4) is 11.1 Å². The summed E-state index contributed by atoms with van der Waals surface area (Å²) in [6.45, 7) is 3.04. The third-order valence-electron chi connectivity index (χ3n) is 6.02. The Labute approximate surface area is 169 Å². The van der Waals surface area contributed by atoms with Gasteiger partial charge in [0.05, 0.1) is 17.9 Å². The Kier molecular flexibility index (Phi) is 4.43. The van der Waals surface area contributed by atoms with Crippen LogP contribution in [-0.4, -0.2) is 60.5 Å². The maximum atomic E-state index is 4.64. The molecule has 1 fully saturated rings. The maximum absolute atomic E-state index is 4.64. The molecular weight excluding hydrogens is 364 g/mol. The Balaban J connectivity index is 1.36. The van der Waals surface area contributed by atoms with Crippen LogP contribution in [0, 0.1) is 5.92 Å². The van der Waals surface area contributed by atoms with Gasteiger partial charge >= 0.3 is 0 Å². The van der Waals surface area contributed by atoms with Crippen molar-refractivity contribution in [2.24, 2.45) is 5.92 Å². The Bertz CT molecular complexity index is 1150. The van der Waals surface area contributed by atoms with Crippen LogP contribution in [0.5, 0.6) is 0 Å². The molecule has 0 amide bonds. The highest BCUT2D eigenvalue weighted by Gasteiger charge is 2.30. The molecule has 0 unspecified atom stereocenters. The molecule has 5 rings (SSSR count). The predicted octanol–water partition coefficient (Wildman–Crippen LogP) is 2.75. The predicted molar refractivity (Wildman–Crippen MR) is 113 cm³/mol. The molecule has 1 aliphatic rings. The summed E-state index contributed by atoms with van der Waals surface area (Å²) in [6.07, 6.45) is 13.1. The van der Waals surface area contributed by atoms with Crippen molar-refractivity contribution < 1.29 is 0 Å². The zero-order valence-corrected chi connectivity index (χ0v) is 17.1. The van der Waals surface area contributed by atoms with E-state index in [2.05, 4.69) is 68.0 Å². The van der Waals surface area contributed by atoms with E-state index in [9.17, 15) is 0 Å². The average molecular weight is 390 g/mol. The minimum absolute atomic E-state index is 0.671. The number of rotatable bonds is 6. The molecule has 4 aromatic heterocycles. The number of fused-ring (bicyclic) bond motifs is 2. The van der Waals surface area contributed by atoms with E-state index in [1.165, 1.54) is 12.8 Å². The van der Waals surface area contributed by atoms with E-state index in [-0.39, 0.29) is 0 Å². The molecule has 8 nitrogen and oxygen atoms in total. The lowest BCUT2D eigenvalue weighted by molar-refractivity contribution is 0.131. The van der Waals surface area contributed by atoms with Gasteiger partial charge in [0, 0.05) is 48.0 Å². The normalized spacial score (nSPS) is 19.2. The Morgan fingerprint density at radius 2 is 1.97 bits per heavy atom. The highest BCUT2D eigenvalue weighted by Crippen LogP contribution is 2.30. The fourth-order valence-electron chi connectivity index (χ4n) is 4.07. The lowest BCUT2D eigenvalue weighted by Crippen LogP contribution is -2.42. The number of nitrogens with zero attached hydrogens (tertiary/aromatic N) is 7. The first-order valence-corrected chi connectivity index (χ1v) is 10.2. The van der Waals surface area contributed by atoms with Gasteiger partial charge in [0.1, 0.15) is 0 Å². The molecule has 150 valence electrons. The van der Waals surface area contributed by atoms with Gasteiger partial charge in [-0.2, -0.15) is 0 Å². The Morgan fingerprint density at radius 1 is 1.14 bits per heavy atom. The molecule has 0 atom stereocenters. The summed E-state index contributed by atoms with van der Waals surface area (Å²) < 4.78 is 3.93. The number of aromatic nitrogens is 6. The molecule has 4 heterocycles. The molecule has 0 spiro atoms. The molecule has 1 N–H and O–H groups in total. The van der Waals surface area contributed by atoms with Crippen molar-refractivity contribution in [2.75, 3.05) is 26.0 Å². The number of aryl methyl sites for hydroxylation is 1. The quantitative estimate of drug-likeness (QED) is 0.546. The summed E-state index contributed by atoms with van der Waals surface area (Å²) in [5, 5.41) is 8.03. The van der Waals surface area contributed by atoms with Crippen LogP contribution in [0.2, 0.25) is 0 Å². The molecule has 0 radical (unpaired) electrons. The second-order valence-electron chi connectivity index (χ2n) is 8.09.